The van der Waals surface area contributed by atoms with E-state index in [1.54, 1.807) is 4.57 Å². The predicted octanol–water partition coefficient (Wildman–Crippen LogP) is 2.73. The van der Waals surface area contributed by atoms with Crippen LogP contribution in [0, 0.1) is 5.92 Å². The number of piperazine rings is 1. The lowest BCUT2D eigenvalue weighted by Gasteiger charge is -2.38. The van der Waals surface area contributed by atoms with Gasteiger partial charge in [-0.05, 0) is 31.5 Å². The van der Waals surface area contributed by atoms with Crippen molar-refractivity contribution in [2.75, 3.05) is 44.8 Å². The van der Waals surface area contributed by atoms with Gasteiger partial charge in [-0.3, -0.25) is 4.90 Å². The molecule has 6 nitrogen and oxygen atoms in total. The largest absolute Gasteiger partial charge is 0.339 e. The number of hydrogen-bond donors (Lipinski definition) is 1. The van der Waals surface area contributed by atoms with Crippen LogP contribution in [0.3, 0.4) is 0 Å². The van der Waals surface area contributed by atoms with Gasteiger partial charge in [0, 0.05) is 26.2 Å². The average molecular weight is 361 g/mol. The van der Waals surface area contributed by atoms with Gasteiger partial charge in [-0.2, -0.15) is 0 Å². The van der Waals surface area contributed by atoms with Crippen molar-refractivity contribution in [2.24, 2.45) is 5.92 Å². The summed E-state index contributed by atoms with van der Waals surface area (Å²) in [4.78, 5) is 21.6. The molecule has 1 aromatic carbocycles. The van der Waals surface area contributed by atoms with E-state index in [4.69, 9.17) is 0 Å². The Balaban J connectivity index is 1.91. The number of para-hydroxylation sites is 2. The van der Waals surface area contributed by atoms with Crippen molar-refractivity contribution in [1.29, 1.82) is 0 Å². The molecule has 26 heavy (non-hydrogen) atoms. The second-order valence-corrected chi connectivity index (χ2v) is 7.39. The number of aromatic nitrogens is 2. The molecule has 1 N–H and O–H groups in total. The zero-order valence-electron chi connectivity index (χ0n) is 15.8. The molecule has 0 aliphatic carbocycles. The molecule has 1 aliphatic heterocycles. The number of imidazole rings is 1. The average Bonchev–Trinajstić information content (AvgIpc) is 3.01. The molecule has 0 radical (unpaired) electrons. The SMILES string of the molecule is CC(C)CCNC(=O)n1c(N2CCN(C)C(CF)C2)nc2ccccc21. The van der Waals surface area contributed by atoms with Crippen molar-refractivity contribution in [1.82, 2.24) is 19.8 Å². The summed E-state index contributed by atoms with van der Waals surface area (Å²) in [6, 6.07) is 7.26. The van der Waals surface area contributed by atoms with E-state index in [1.807, 2.05) is 41.1 Å². The molecule has 1 saturated heterocycles. The zero-order valence-corrected chi connectivity index (χ0v) is 15.8. The molecule has 3 rings (SSSR count). The second kappa shape index (κ2) is 8.03. The highest BCUT2D eigenvalue weighted by Gasteiger charge is 2.29. The van der Waals surface area contributed by atoms with Gasteiger partial charge in [-0.15, -0.1) is 0 Å². The summed E-state index contributed by atoms with van der Waals surface area (Å²) in [6.45, 7) is 6.46. The Morgan fingerprint density at radius 3 is 2.85 bits per heavy atom. The van der Waals surface area contributed by atoms with Crippen molar-refractivity contribution >= 4 is 23.0 Å². The summed E-state index contributed by atoms with van der Waals surface area (Å²) in [5, 5.41) is 2.99. The van der Waals surface area contributed by atoms with Gasteiger partial charge >= 0.3 is 6.03 Å². The molecule has 0 saturated carbocycles. The monoisotopic (exact) mass is 361 g/mol. The standard InChI is InChI=1S/C19H28FN5O/c1-14(2)8-9-21-19(26)25-17-7-5-4-6-16(17)22-18(25)24-11-10-23(3)15(12-20)13-24/h4-7,14-15H,8-13H2,1-3H3,(H,21,26). The molecule has 1 unspecified atom stereocenters. The summed E-state index contributed by atoms with van der Waals surface area (Å²) >= 11 is 0. The highest BCUT2D eigenvalue weighted by molar-refractivity contribution is 5.93. The normalized spacial score (nSPS) is 18.7. The van der Waals surface area contributed by atoms with Gasteiger partial charge in [0.05, 0.1) is 17.1 Å². The first-order valence-corrected chi connectivity index (χ1v) is 9.28. The quantitative estimate of drug-likeness (QED) is 0.890. The molecular weight excluding hydrogens is 333 g/mol. The number of alkyl halides is 1. The van der Waals surface area contributed by atoms with Crippen LogP contribution in [0.2, 0.25) is 0 Å². The molecule has 0 bridgehead atoms. The molecule has 1 aromatic heterocycles. The molecule has 1 aliphatic rings. The molecule has 2 aromatic rings. The predicted molar refractivity (Wildman–Crippen MR) is 103 cm³/mol. The fraction of sp³-hybridized carbons (Fsp3) is 0.579. The number of anilines is 1. The number of likely N-dealkylation sites (N-methyl/N-ethyl adjacent to an activating group) is 1. The fourth-order valence-corrected chi connectivity index (χ4v) is 3.27. The number of fused-ring (bicyclic) bond motifs is 1. The first-order chi connectivity index (χ1) is 12.5. The maximum Gasteiger partial charge on any atom is 0.328 e. The summed E-state index contributed by atoms with van der Waals surface area (Å²) in [5.41, 5.74) is 1.55. The van der Waals surface area contributed by atoms with Crippen LogP contribution in [0.4, 0.5) is 15.1 Å². The van der Waals surface area contributed by atoms with Crippen LogP contribution in [0.1, 0.15) is 20.3 Å². The molecule has 142 valence electrons. The van der Waals surface area contributed by atoms with Gasteiger partial charge in [0.2, 0.25) is 5.95 Å². The maximum absolute atomic E-state index is 13.3. The number of hydrogen-bond acceptors (Lipinski definition) is 4. The second-order valence-electron chi connectivity index (χ2n) is 7.39. The Hall–Kier alpha value is -2.15. The Morgan fingerprint density at radius 1 is 1.35 bits per heavy atom. The number of rotatable bonds is 5. The van der Waals surface area contributed by atoms with Gasteiger partial charge in [-0.1, -0.05) is 26.0 Å². The smallest absolute Gasteiger partial charge is 0.328 e. The highest BCUT2D eigenvalue weighted by Crippen LogP contribution is 2.24. The van der Waals surface area contributed by atoms with Crippen LogP contribution in [-0.2, 0) is 0 Å². The topological polar surface area (TPSA) is 53.4 Å². The third-order valence-electron chi connectivity index (χ3n) is 4.98. The van der Waals surface area contributed by atoms with E-state index < -0.39 is 6.67 Å². The van der Waals surface area contributed by atoms with E-state index in [1.165, 1.54) is 0 Å². The molecule has 0 spiro atoms. The first-order valence-electron chi connectivity index (χ1n) is 9.28. The number of amides is 1. The molecular formula is C19H28FN5O. The van der Waals surface area contributed by atoms with E-state index in [-0.39, 0.29) is 12.1 Å². The minimum atomic E-state index is -0.409. The van der Waals surface area contributed by atoms with E-state index in [0.29, 0.717) is 25.0 Å². The first kappa shape index (κ1) is 18.6. The Morgan fingerprint density at radius 2 is 2.12 bits per heavy atom. The van der Waals surface area contributed by atoms with Crippen LogP contribution in [0.5, 0.6) is 0 Å². The lowest BCUT2D eigenvalue weighted by atomic mass is 10.1. The van der Waals surface area contributed by atoms with Crippen LogP contribution in [0.25, 0.3) is 11.0 Å². The van der Waals surface area contributed by atoms with E-state index in [0.717, 1.165) is 30.5 Å². The van der Waals surface area contributed by atoms with Crippen LogP contribution >= 0.6 is 0 Å². The maximum atomic E-state index is 13.3. The number of halogens is 1. The summed E-state index contributed by atoms with van der Waals surface area (Å²) in [6.07, 6.45) is 0.923. The van der Waals surface area contributed by atoms with Gasteiger partial charge in [0.25, 0.3) is 0 Å². The van der Waals surface area contributed by atoms with E-state index in [9.17, 15) is 9.18 Å². The zero-order chi connectivity index (χ0) is 18.7. The highest BCUT2D eigenvalue weighted by atomic mass is 19.1. The van der Waals surface area contributed by atoms with Crippen molar-refractivity contribution in [3.8, 4) is 0 Å². The Labute approximate surface area is 154 Å². The number of carbonyl (C=O) groups excluding carboxylic acids is 1. The Bertz CT molecular complexity index is 759. The fourth-order valence-electron chi connectivity index (χ4n) is 3.27. The van der Waals surface area contributed by atoms with Crippen LogP contribution in [0.15, 0.2) is 24.3 Å². The number of nitrogens with zero attached hydrogens (tertiary/aromatic N) is 4. The van der Waals surface area contributed by atoms with Crippen molar-refractivity contribution < 1.29 is 9.18 Å². The summed E-state index contributed by atoms with van der Waals surface area (Å²) < 4.78 is 15.0. The van der Waals surface area contributed by atoms with Crippen LogP contribution in [-0.4, -0.2) is 66.4 Å². The molecule has 1 amide bonds. The van der Waals surface area contributed by atoms with Crippen molar-refractivity contribution in [2.45, 2.75) is 26.3 Å². The number of carbonyl (C=O) groups is 1. The number of nitrogens with one attached hydrogen (secondary N) is 1. The Kier molecular flexibility index (Phi) is 5.76. The summed E-state index contributed by atoms with van der Waals surface area (Å²) in [5.74, 6) is 1.12. The van der Waals surface area contributed by atoms with Crippen molar-refractivity contribution in [3.05, 3.63) is 24.3 Å². The number of benzene rings is 1. The lowest BCUT2D eigenvalue weighted by Crippen LogP contribution is -2.53. The van der Waals surface area contributed by atoms with E-state index in [2.05, 4.69) is 24.1 Å². The minimum absolute atomic E-state index is 0.176. The molecule has 2 heterocycles. The lowest BCUT2D eigenvalue weighted by molar-refractivity contribution is 0.182. The minimum Gasteiger partial charge on any atom is -0.339 e. The molecule has 1 atom stereocenters. The summed E-state index contributed by atoms with van der Waals surface area (Å²) in [7, 11) is 1.93. The molecule has 1 fully saturated rings. The van der Waals surface area contributed by atoms with Gasteiger partial charge < -0.3 is 10.2 Å². The van der Waals surface area contributed by atoms with Crippen LogP contribution < -0.4 is 10.2 Å². The third-order valence-corrected chi connectivity index (χ3v) is 4.98. The van der Waals surface area contributed by atoms with Crippen molar-refractivity contribution in [3.63, 3.8) is 0 Å². The van der Waals surface area contributed by atoms with E-state index >= 15 is 0 Å². The molecule has 7 heteroatoms. The third kappa shape index (κ3) is 3.82. The van der Waals surface area contributed by atoms with Gasteiger partial charge in [-0.25, -0.2) is 18.7 Å². The van der Waals surface area contributed by atoms with Gasteiger partial charge in [0.1, 0.15) is 6.67 Å². The van der Waals surface area contributed by atoms with Gasteiger partial charge in [0.15, 0.2) is 0 Å².